The Morgan fingerprint density at radius 2 is 2.05 bits per heavy atom. The van der Waals surface area contributed by atoms with Crippen LogP contribution in [0.25, 0.3) is 0 Å². The number of hydrogen-bond donors (Lipinski definition) is 2. The van der Waals surface area contributed by atoms with Crippen LogP contribution in [0.1, 0.15) is 31.0 Å². The van der Waals surface area contributed by atoms with Crippen LogP contribution >= 0.6 is 11.6 Å². The van der Waals surface area contributed by atoms with Crippen molar-refractivity contribution in [1.82, 2.24) is 20.4 Å². The molecule has 0 fully saturated rings. The second kappa shape index (κ2) is 7.31. The Labute approximate surface area is 135 Å². The number of aromatic nitrogens is 2. The van der Waals surface area contributed by atoms with Gasteiger partial charge in [-0.15, -0.1) is 0 Å². The van der Waals surface area contributed by atoms with Gasteiger partial charge in [0, 0.05) is 29.9 Å². The van der Waals surface area contributed by atoms with Gasteiger partial charge in [0.05, 0.1) is 12.2 Å². The molecule has 6 heteroatoms. The zero-order valence-corrected chi connectivity index (χ0v) is 13.8. The SMILES string of the molecule is CC(Cc1ccccc1Cl)NC(=O)NC(C)c1cnn(C)c1. The number of benzene rings is 1. The van der Waals surface area contributed by atoms with Crippen molar-refractivity contribution in [2.45, 2.75) is 32.4 Å². The first-order valence-corrected chi connectivity index (χ1v) is 7.62. The average Bonchev–Trinajstić information content (AvgIpc) is 2.88. The van der Waals surface area contributed by atoms with Gasteiger partial charge in [-0.05, 0) is 31.9 Å². The number of nitrogens with one attached hydrogen (secondary N) is 2. The normalized spacial score (nSPS) is 13.5. The minimum absolute atomic E-state index is 0.0130. The molecule has 2 amide bonds. The quantitative estimate of drug-likeness (QED) is 0.889. The van der Waals surface area contributed by atoms with Crippen LogP contribution in [0.4, 0.5) is 4.79 Å². The summed E-state index contributed by atoms with van der Waals surface area (Å²) in [6.45, 7) is 3.88. The molecule has 0 saturated heterocycles. The topological polar surface area (TPSA) is 59.0 Å². The molecule has 1 aromatic heterocycles. The molecule has 0 aliphatic heterocycles. The number of rotatable bonds is 5. The maximum Gasteiger partial charge on any atom is 0.315 e. The van der Waals surface area contributed by atoms with Gasteiger partial charge in [-0.1, -0.05) is 29.8 Å². The molecule has 2 rings (SSSR count). The predicted molar refractivity (Wildman–Crippen MR) is 87.9 cm³/mol. The first-order valence-electron chi connectivity index (χ1n) is 7.24. The van der Waals surface area contributed by atoms with E-state index in [0.717, 1.165) is 16.1 Å². The number of aryl methyl sites for hydroxylation is 1. The molecule has 118 valence electrons. The lowest BCUT2D eigenvalue weighted by atomic mass is 10.1. The molecule has 1 heterocycles. The second-order valence-corrected chi connectivity index (χ2v) is 5.89. The maximum absolute atomic E-state index is 12.0. The lowest BCUT2D eigenvalue weighted by molar-refractivity contribution is 0.234. The number of amides is 2. The summed E-state index contributed by atoms with van der Waals surface area (Å²) in [4.78, 5) is 12.0. The smallest absolute Gasteiger partial charge is 0.315 e. The van der Waals surface area contributed by atoms with Crippen LogP contribution in [0.15, 0.2) is 36.7 Å². The zero-order chi connectivity index (χ0) is 16.1. The molecule has 22 heavy (non-hydrogen) atoms. The number of nitrogens with zero attached hydrogens (tertiary/aromatic N) is 2. The van der Waals surface area contributed by atoms with Gasteiger partial charge in [-0.3, -0.25) is 4.68 Å². The summed E-state index contributed by atoms with van der Waals surface area (Å²) < 4.78 is 1.71. The Kier molecular flexibility index (Phi) is 5.44. The van der Waals surface area contributed by atoms with E-state index in [4.69, 9.17) is 11.6 Å². The monoisotopic (exact) mass is 320 g/mol. The number of carbonyl (C=O) groups excluding carboxylic acids is 1. The van der Waals surface area contributed by atoms with Gasteiger partial charge < -0.3 is 10.6 Å². The summed E-state index contributed by atoms with van der Waals surface area (Å²) >= 11 is 6.13. The van der Waals surface area contributed by atoms with E-state index in [1.807, 2.05) is 51.4 Å². The predicted octanol–water partition coefficient (Wildman–Crippen LogP) is 3.06. The lowest BCUT2D eigenvalue weighted by Crippen LogP contribution is -2.42. The van der Waals surface area contributed by atoms with E-state index < -0.39 is 0 Å². The third-order valence-corrected chi connectivity index (χ3v) is 3.80. The van der Waals surface area contributed by atoms with E-state index in [9.17, 15) is 4.79 Å². The molecule has 2 atom stereocenters. The fourth-order valence-corrected chi connectivity index (χ4v) is 2.47. The third kappa shape index (κ3) is 4.49. The van der Waals surface area contributed by atoms with Gasteiger partial charge in [0.2, 0.25) is 0 Å². The van der Waals surface area contributed by atoms with Gasteiger partial charge in [0.25, 0.3) is 0 Å². The standard InChI is InChI=1S/C16H21ClN4O/c1-11(8-13-6-4-5-7-15(13)17)19-16(22)20-12(2)14-9-18-21(3)10-14/h4-7,9-12H,8H2,1-3H3,(H2,19,20,22). The highest BCUT2D eigenvalue weighted by atomic mass is 35.5. The highest BCUT2D eigenvalue weighted by Crippen LogP contribution is 2.16. The van der Waals surface area contributed by atoms with E-state index in [1.165, 1.54) is 0 Å². The van der Waals surface area contributed by atoms with Crippen molar-refractivity contribution in [1.29, 1.82) is 0 Å². The molecular weight excluding hydrogens is 300 g/mol. The van der Waals surface area contributed by atoms with Crippen molar-refractivity contribution in [3.05, 3.63) is 52.8 Å². The van der Waals surface area contributed by atoms with Crippen LogP contribution in [-0.4, -0.2) is 21.9 Å². The average molecular weight is 321 g/mol. The molecule has 2 unspecified atom stereocenters. The van der Waals surface area contributed by atoms with E-state index in [2.05, 4.69) is 15.7 Å². The van der Waals surface area contributed by atoms with Gasteiger partial charge >= 0.3 is 6.03 Å². The van der Waals surface area contributed by atoms with E-state index in [0.29, 0.717) is 6.42 Å². The Balaban J connectivity index is 1.85. The van der Waals surface area contributed by atoms with Gasteiger partial charge in [0.1, 0.15) is 0 Å². The minimum atomic E-state index is -0.198. The second-order valence-electron chi connectivity index (χ2n) is 5.48. The summed E-state index contributed by atoms with van der Waals surface area (Å²) in [6, 6.07) is 7.35. The molecule has 0 spiro atoms. The summed E-state index contributed by atoms with van der Waals surface area (Å²) in [6.07, 6.45) is 4.32. The molecular formula is C16H21ClN4O. The van der Waals surface area contributed by atoms with Crippen molar-refractivity contribution in [3.8, 4) is 0 Å². The van der Waals surface area contributed by atoms with Crippen LogP contribution in [0.2, 0.25) is 5.02 Å². The van der Waals surface area contributed by atoms with Crippen molar-refractivity contribution >= 4 is 17.6 Å². The molecule has 0 aliphatic rings. The molecule has 1 aromatic carbocycles. The van der Waals surface area contributed by atoms with E-state index >= 15 is 0 Å². The first kappa shape index (κ1) is 16.4. The van der Waals surface area contributed by atoms with Crippen molar-refractivity contribution in [3.63, 3.8) is 0 Å². The zero-order valence-electron chi connectivity index (χ0n) is 13.0. The molecule has 0 saturated carbocycles. The maximum atomic E-state index is 12.0. The Bertz CT molecular complexity index is 641. The lowest BCUT2D eigenvalue weighted by Gasteiger charge is -2.18. The Morgan fingerprint density at radius 3 is 2.68 bits per heavy atom. The van der Waals surface area contributed by atoms with E-state index in [-0.39, 0.29) is 18.1 Å². The molecule has 0 radical (unpaired) electrons. The number of halogens is 1. The molecule has 5 nitrogen and oxygen atoms in total. The summed E-state index contributed by atoms with van der Waals surface area (Å²) in [5, 5.41) is 10.7. The summed E-state index contributed by atoms with van der Waals surface area (Å²) in [5.41, 5.74) is 1.99. The van der Waals surface area contributed by atoms with E-state index in [1.54, 1.807) is 10.9 Å². The molecule has 2 aromatic rings. The summed E-state index contributed by atoms with van der Waals surface area (Å²) in [5.74, 6) is 0. The van der Waals surface area contributed by atoms with Crippen LogP contribution in [-0.2, 0) is 13.5 Å². The molecule has 2 N–H and O–H groups in total. The van der Waals surface area contributed by atoms with Crippen LogP contribution in [0.3, 0.4) is 0 Å². The minimum Gasteiger partial charge on any atom is -0.335 e. The molecule has 0 aliphatic carbocycles. The van der Waals surface area contributed by atoms with Gasteiger partial charge in [0.15, 0.2) is 0 Å². The Morgan fingerprint density at radius 1 is 1.32 bits per heavy atom. The fraction of sp³-hybridized carbons (Fsp3) is 0.375. The van der Waals surface area contributed by atoms with Crippen molar-refractivity contribution in [2.75, 3.05) is 0 Å². The number of urea groups is 1. The largest absolute Gasteiger partial charge is 0.335 e. The third-order valence-electron chi connectivity index (χ3n) is 3.43. The highest BCUT2D eigenvalue weighted by molar-refractivity contribution is 6.31. The first-order chi connectivity index (χ1) is 10.5. The fourth-order valence-electron chi connectivity index (χ4n) is 2.25. The number of carbonyl (C=O) groups is 1. The van der Waals surface area contributed by atoms with Gasteiger partial charge in [-0.25, -0.2) is 4.79 Å². The van der Waals surface area contributed by atoms with Crippen LogP contribution in [0, 0.1) is 0 Å². The number of hydrogen-bond acceptors (Lipinski definition) is 2. The van der Waals surface area contributed by atoms with Crippen LogP contribution in [0.5, 0.6) is 0 Å². The highest BCUT2D eigenvalue weighted by Gasteiger charge is 2.13. The van der Waals surface area contributed by atoms with Crippen molar-refractivity contribution < 1.29 is 4.79 Å². The summed E-state index contributed by atoms with van der Waals surface area (Å²) in [7, 11) is 1.85. The van der Waals surface area contributed by atoms with Gasteiger partial charge in [-0.2, -0.15) is 5.10 Å². The van der Waals surface area contributed by atoms with Crippen molar-refractivity contribution in [2.24, 2.45) is 7.05 Å². The molecule has 0 bridgehead atoms. The Hall–Kier alpha value is -2.01. The van der Waals surface area contributed by atoms with Crippen LogP contribution < -0.4 is 10.6 Å².